The zero-order valence-electron chi connectivity index (χ0n) is 7.78. The molecular formula is C10H12ClNOS. The van der Waals surface area contributed by atoms with Gasteiger partial charge in [0.1, 0.15) is 0 Å². The summed E-state index contributed by atoms with van der Waals surface area (Å²) >= 11 is 6.04. The topological polar surface area (TPSA) is 20.3 Å². The van der Waals surface area contributed by atoms with Gasteiger partial charge in [-0.15, -0.1) is 0 Å². The third kappa shape index (κ3) is 2.35. The van der Waals surface area contributed by atoms with Gasteiger partial charge in [0.2, 0.25) is 0 Å². The van der Waals surface area contributed by atoms with Crippen molar-refractivity contribution in [3.63, 3.8) is 0 Å². The zero-order chi connectivity index (χ0) is 9.97. The Labute approximate surface area is 91.3 Å². The number of hydrogen-bond donors (Lipinski definition) is 0. The fourth-order valence-corrected chi connectivity index (χ4v) is 2.97. The van der Waals surface area contributed by atoms with Crippen molar-refractivity contribution in [2.24, 2.45) is 0 Å². The summed E-state index contributed by atoms with van der Waals surface area (Å²) in [6, 6.07) is 7.82. The second kappa shape index (κ2) is 4.43. The standard InChI is InChI=1S/C10H12ClNOS/c11-10-4-2-1-3-9(10)7-12-5-6-14(13)8-12/h1-4H,5-8H2. The van der Waals surface area contributed by atoms with Crippen LogP contribution in [0.1, 0.15) is 5.56 Å². The fourth-order valence-electron chi connectivity index (χ4n) is 1.56. The second-order valence-electron chi connectivity index (χ2n) is 3.42. The van der Waals surface area contributed by atoms with E-state index in [-0.39, 0.29) is 0 Å². The molecule has 0 radical (unpaired) electrons. The Balaban J connectivity index is 2.04. The Morgan fingerprint density at radius 3 is 2.86 bits per heavy atom. The Morgan fingerprint density at radius 2 is 2.21 bits per heavy atom. The SMILES string of the molecule is O=S1CCN(Cc2ccccc2Cl)C1. The van der Waals surface area contributed by atoms with Crippen molar-refractivity contribution in [1.29, 1.82) is 0 Å². The lowest BCUT2D eigenvalue weighted by Crippen LogP contribution is -2.19. The van der Waals surface area contributed by atoms with Crippen molar-refractivity contribution in [1.82, 2.24) is 4.90 Å². The Morgan fingerprint density at radius 1 is 1.43 bits per heavy atom. The monoisotopic (exact) mass is 229 g/mol. The second-order valence-corrected chi connectivity index (χ2v) is 5.37. The van der Waals surface area contributed by atoms with E-state index < -0.39 is 10.8 Å². The van der Waals surface area contributed by atoms with Crippen molar-refractivity contribution in [3.8, 4) is 0 Å². The molecule has 2 rings (SSSR count). The van der Waals surface area contributed by atoms with Crippen LogP contribution >= 0.6 is 11.6 Å². The number of hydrogen-bond acceptors (Lipinski definition) is 2. The third-order valence-corrected chi connectivity index (χ3v) is 3.97. The average Bonchev–Trinajstić information content (AvgIpc) is 2.56. The zero-order valence-corrected chi connectivity index (χ0v) is 9.35. The van der Waals surface area contributed by atoms with Crippen molar-refractivity contribution < 1.29 is 4.21 Å². The van der Waals surface area contributed by atoms with Gasteiger partial charge < -0.3 is 0 Å². The van der Waals surface area contributed by atoms with E-state index in [0.717, 1.165) is 29.4 Å². The molecule has 0 amide bonds. The minimum Gasteiger partial charge on any atom is -0.287 e. The summed E-state index contributed by atoms with van der Waals surface area (Å²) in [6.45, 7) is 1.73. The molecule has 0 spiro atoms. The highest BCUT2D eigenvalue weighted by atomic mass is 35.5. The highest BCUT2D eigenvalue weighted by molar-refractivity contribution is 7.85. The first-order chi connectivity index (χ1) is 6.75. The van der Waals surface area contributed by atoms with E-state index in [9.17, 15) is 4.21 Å². The van der Waals surface area contributed by atoms with Crippen LogP contribution in [-0.2, 0) is 17.3 Å². The maximum atomic E-state index is 11.2. The van der Waals surface area contributed by atoms with E-state index in [2.05, 4.69) is 4.90 Å². The van der Waals surface area contributed by atoms with Crippen LogP contribution in [0, 0.1) is 0 Å². The van der Waals surface area contributed by atoms with Gasteiger partial charge in [-0.3, -0.25) is 9.11 Å². The molecule has 1 atom stereocenters. The molecular weight excluding hydrogens is 218 g/mol. The molecule has 1 unspecified atom stereocenters. The number of benzene rings is 1. The lowest BCUT2D eigenvalue weighted by Gasteiger charge is -2.13. The smallest absolute Gasteiger partial charge is 0.0751 e. The van der Waals surface area contributed by atoms with E-state index in [1.165, 1.54) is 0 Å². The molecule has 1 aromatic rings. The average molecular weight is 230 g/mol. The molecule has 0 aliphatic carbocycles. The van der Waals surface area contributed by atoms with Crippen molar-refractivity contribution in [2.45, 2.75) is 6.54 Å². The van der Waals surface area contributed by atoms with Crippen molar-refractivity contribution in [2.75, 3.05) is 18.2 Å². The third-order valence-electron chi connectivity index (χ3n) is 2.31. The van der Waals surface area contributed by atoms with Crippen LogP contribution < -0.4 is 0 Å². The molecule has 0 N–H and O–H groups in total. The maximum absolute atomic E-state index is 11.2. The minimum absolute atomic E-state index is 0.650. The van der Waals surface area contributed by atoms with Crippen LogP contribution in [0.2, 0.25) is 5.02 Å². The number of halogens is 1. The van der Waals surface area contributed by atoms with E-state index in [4.69, 9.17) is 11.6 Å². The predicted molar refractivity (Wildman–Crippen MR) is 59.7 cm³/mol. The molecule has 76 valence electrons. The molecule has 14 heavy (non-hydrogen) atoms. The van der Waals surface area contributed by atoms with Gasteiger partial charge in [0, 0.05) is 34.7 Å². The fraction of sp³-hybridized carbons (Fsp3) is 0.400. The lowest BCUT2D eigenvalue weighted by atomic mass is 10.2. The highest BCUT2D eigenvalue weighted by Gasteiger charge is 2.18. The van der Waals surface area contributed by atoms with E-state index in [0.29, 0.717) is 5.88 Å². The summed E-state index contributed by atoms with van der Waals surface area (Å²) in [6.07, 6.45) is 0. The molecule has 0 bridgehead atoms. The van der Waals surface area contributed by atoms with Gasteiger partial charge in [-0.1, -0.05) is 29.8 Å². The van der Waals surface area contributed by atoms with Gasteiger partial charge in [0.25, 0.3) is 0 Å². The first kappa shape index (κ1) is 10.1. The Kier molecular flexibility index (Phi) is 3.21. The molecule has 1 aromatic carbocycles. The first-order valence-corrected chi connectivity index (χ1v) is 6.43. The quantitative estimate of drug-likeness (QED) is 0.772. The van der Waals surface area contributed by atoms with Crippen molar-refractivity contribution >= 4 is 22.4 Å². The molecule has 1 saturated heterocycles. The predicted octanol–water partition coefficient (Wildman–Crippen LogP) is 1.86. The molecule has 4 heteroatoms. The summed E-state index contributed by atoms with van der Waals surface area (Å²) < 4.78 is 11.2. The molecule has 0 aromatic heterocycles. The van der Waals surface area contributed by atoms with Gasteiger partial charge in [-0.2, -0.15) is 0 Å². The van der Waals surface area contributed by atoms with Gasteiger partial charge in [-0.25, -0.2) is 0 Å². The summed E-state index contributed by atoms with van der Waals surface area (Å²) in [5.74, 6) is 1.48. The van der Waals surface area contributed by atoms with Crippen LogP contribution in [-0.4, -0.2) is 27.3 Å². The molecule has 1 aliphatic rings. The van der Waals surface area contributed by atoms with Gasteiger partial charge in [-0.05, 0) is 11.6 Å². The first-order valence-electron chi connectivity index (χ1n) is 4.56. The minimum atomic E-state index is -0.650. The molecule has 1 aliphatic heterocycles. The number of rotatable bonds is 2. The number of nitrogens with zero attached hydrogens (tertiary/aromatic N) is 1. The molecule has 2 nitrogen and oxygen atoms in total. The highest BCUT2D eigenvalue weighted by Crippen LogP contribution is 2.18. The summed E-state index contributed by atoms with van der Waals surface area (Å²) in [4.78, 5) is 2.18. The van der Waals surface area contributed by atoms with E-state index in [1.807, 2.05) is 24.3 Å². The van der Waals surface area contributed by atoms with Crippen LogP contribution in [0.4, 0.5) is 0 Å². The van der Waals surface area contributed by atoms with Gasteiger partial charge in [0.15, 0.2) is 0 Å². The summed E-state index contributed by atoms with van der Waals surface area (Å²) in [5.41, 5.74) is 1.12. The van der Waals surface area contributed by atoms with Gasteiger partial charge >= 0.3 is 0 Å². The molecule has 0 saturated carbocycles. The Hall–Kier alpha value is -0.380. The van der Waals surface area contributed by atoms with E-state index >= 15 is 0 Å². The summed E-state index contributed by atoms with van der Waals surface area (Å²) in [7, 11) is -0.650. The van der Waals surface area contributed by atoms with Crippen LogP contribution in [0.5, 0.6) is 0 Å². The maximum Gasteiger partial charge on any atom is 0.0751 e. The normalized spacial score (nSPS) is 22.8. The largest absolute Gasteiger partial charge is 0.287 e. The summed E-state index contributed by atoms with van der Waals surface area (Å²) in [5, 5.41) is 0.796. The molecule has 1 heterocycles. The Bertz CT molecular complexity index is 356. The van der Waals surface area contributed by atoms with E-state index in [1.54, 1.807) is 0 Å². The van der Waals surface area contributed by atoms with Crippen LogP contribution in [0.15, 0.2) is 24.3 Å². The van der Waals surface area contributed by atoms with Crippen LogP contribution in [0.25, 0.3) is 0 Å². The van der Waals surface area contributed by atoms with Gasteiger partial charge in [0.05, 0.1) is 5.88 Å². The molecule has 1 fully saturated rings. The van der Waals surface area contributed by atoms with Crippen molar-refractivity contribution in [3.05, 3.63) is 34.9 Å². The lowest BCUT2D eigenvalue weighted by molar-refractivity contribution is 0.348. The van der Waals surface area contributed by atoms with Crippen LogP contribution in [0.3, 0.4) is 0 Å².